The number of hydrogen-bond acceptors (Lipinski definition) is 3. The third-order valence-electron chi connectivity index (χ3n) is 4.78. The van der Waals surface area contributed by atoms with E-state index in [0.29, 0.717) is 23.0 Å². The number of carbonyl (C=O) groups is 1. The minimum absolute atomic E-state index is 0.182. The van der Waals surface area contributed by atoms with Gasteiger partial charge < -0.3 is 5.32 Å². The molecule has 2 aromatic carbocycles. The summed E-state index contributed by atoms with van der Waals surface area (Å²) in [7, 11) is 0. The number of fused-ring (bicyclic) bond motifs is 3. The van der Waals surface area contributed by atoms with Crippen molar-refractivity contribution >= 4 is 22.3 Å². The normalized spacial score (nSPS) is 11.2. The Kier molecular flexibility index (Phi) is 4.65. The van der Waals surface area contributed by atoms with Gasteiger partial charge in [-0.15, -0.1) is 0 Å². The number of aromatic nitrogens is 3. The highest BCUT2D eigenvalue weighted by atomic mass is 19.1. The van der Waals surface area contributed by atoms with Crippen LogP contribution in [0.1, 0.15) is 18.1 Å². The Morgan fingerprint density at radius 3 is 2.57 bits per heavy atom. The smallest absolute Gasteiger partial charge is 0.291 e. The second-order valence-electron chi connectivity index (χ2n) is 6.64. The standard InChI is InChI=1S/C21H19FN4O2/c1-2-14-3-5-15(6-4-14)11-23-20(27)12-26-21(28)19-10-16-9-17(22)7-8-18(16)25(19)13-24-26/h3-10,13H,2,11-12H2,1H3,(H,23,27). The van der Waals surface area contributed by atoms with Crippen LogP contribution in [0.5, 0.6) is 0 Å². The van der Waals surface area contributed by atoms with E-state index in [-0.39, 0.29) is 18.3 Å². The number of halogens is 1. The summed E-state index contributed by atoms with van der Waals surface area (Å²) in [6.45, 7) is 2.29. The first-order valence-electron chi connectivity index (χ1n) is 9.06. The van der Waals surface area contributed by atoms with Gasteiger partial charge in [0, 0.05) is 11.9 Å². The van der Waals surface area contributed by atoms with Crippen molar-refractivity contribution in [3.8, 4) is 0 Å². The Balaban J connectivity index is 1.52. The van der Waals surface area contributed by atoms with Crippen molar-refractivity contribution < 1.29 is 9.18 Å². The number of nitrogens with one attached hydrogen (secondary N) is 1. The second-order valence-corrected chi connectivity index (χ2v) is 6.64. The molecule has 0 atom stereocenters. The molecular formula is C21H19FN4O2. The molecule has 2 aromatic heterocycles. The fourth-order valence-electron chi connectivity index (χ4n) is 3.19. The van der Waals surface area contributed by atoms with Crippen LogP contribution < -0.4 is 10.9 Å². The van der Waals surface area contributed by atoms with Crippen LogP contribution in [0.2, 0.25) is 0 Å². The van der Waals surface area contributed by atoms with Crippen LogP contribution in [0.3, 0.4) is 0 Å². The van der Waals surface area contributed by atoms with E-state index in [2.05, 4.69) is 17.3 Å². The fraction of sp³-hybridized carbons (Fsp3) is 0.190. The van der Waals surface area contributed by atoms with Crippen LogP contribution in [0.4, 0.5) is 4.39 Å². The van der Waals surface area contributed by atoms with Crippen molar-refractivity contribution in [3.63, 3.8) is 0 Å². The Labute approximate surface area is 160 Å². The third-order valence-corrected chi connectivity index (χ3v) is 4.78. The number of nitrogens with zero attached hydrogens (tertiary/aromatic N) is 3. The molecule has 0 aliphatic carbocycles. The Morgan fingerprint density at radius 2 is 1.82 bits per heavy atom. The molecule has 0 aliphatic heterocycles. The van der Waals surface area contributed by atoms with Crippen LogP contribution in [0.15, 0.2) is 59.7 Å². The highest BCUT2D eigenvalue weighted by Crippen LogP contribution is 2.18. The average Bonchev–Trinajstić information content (AvgIpc) is 3.07. The molecular weight excluding hydrogens is 359 g/mol. The zero-order chi connectivity index (χ0) is 19.7. The first kappa shape index (κ1) is 17.9. The molecule has 28 heavy (non-hydrogen) atoms. The van der Waals surface area contributed by atoms with Gasteiger partial charge in [-0.1, -0.05) is 31.2 Å². The van der Waals surface area contributed by atoms with E-state index in [1.54, 1.807) is 16.5 Å². The van der Waals surface area contributed by atoms with Crippen molar-refractivity contribution in [3.05, 3.63) is 82.2 Å². The van der Waals surface area contributed by atoms with E-state index in [1.165, 1.54) is 24.0 Å². The summed E-state index contributed by atoms with van der Waals surface area (Å²) in [5, 5.41) is 7.49. The summed E-state index contributed by atoms with van der Waals surface area (Å²) in [5.74, 6) is -0.677. The number of hydrogen-bond donors (Lipinski definition) is 1. The van der Waals surface area contributed by atoms with Crippen molar-refractivity contribution in [2.75, 3.05) is 0 Å². The summed E-state index contributed by atoms with van der Waals surface area (Å²) in [6, 6.07) is 13.9. The van der Waals surface area contributed by atoms with Gasteiger partial charge >= 0.3 is 0 Å². The molecule has 4 rings (SSSR count). The van der Waals surface area contributed by atoms with Crippen molar-refractivity contribution in [1.29, 1.82) is 0 Å². The predicted octanol–water partition coefficient (Wildman–Crippen LogP) is 2.67. The van der Waals surface area contributed by atoms with Crippen LogP contribution >= 0.6 is 0 Å². The van der Waals surface area contributed by atoms with Gasteiger partial charge in [-0.05, 0) is 41.8 Å². The van der Waals surface area contributed by atoms with Gasteiger partial charge in [0.25, 0.3) is 5.56 Å². The molecule has 0 fully saturated rings. The number of benzene rings is 2. The minimum Gasteiger partial charge on any atom is -0.350 e. The van der Waals surface area contributed by atoms with Crippen molar-refractivity contribution in [2.45, 2.75) is 26.4 Å². The lowest BCUT2D eigenvalue weighted by molar-refractivity contribution is -0.122. The molecule has 0 aliphatic rings. The molecule has 0 unspecified atom stereocenters. The second kappa shape index (κ2) is 7.26. The molecule has 6 nitrogen and oxygen atoms in total. The summed E-state index contributed by atoms with van der Waals surface area (Å²) in [5.41, 5.74) is 2.85. The molecule has 142 valence electrons. The quantitative estimate of drug-likeness (QED) is 0.581. The Bertz CT molecular complexity index is 1230. The lowest BCUT2D eigenvalue weighted by atomic mass is 10.1. The lowest BCUT2D eigenvalue weighted by Gasteiger charge is -2.08. The van der Waals surface area contributed by atoms with Crippen LogP contribution in [0.25, 0.3) is 16.4 Å². The fourth-order valence-corrected chi connectivity index (χ4v) is 3.19. The van der Waals surface area contributed by atoms with E-state index in [1.807, 2.05) is 24.3 Å². The topological polar surface area (TPSA) is 68.4 Å². The highest BCUT2D eigenvalue weighted by molar-refractivity contribution is 5.86. The lowest BCUT2D eigenvalue weighted by Crippen LogP contribution is -2.33. The van der Waals surface area contributed by atoms with E-state index < -0.39 is 5.56 Å². The number of aryl methyl sites for hydroxylation is 1. The zero-order valence-corrected chi connectivity index (χ0v) is 15.4. The van der Waals surface area contributed by atoms with E-state index >= 15 is 0 Å². The van der Waals surface area contributed by atoms with Crippen LogP contribution in [-0.4, -0.2) is 20.1 Å². The molecule has 1 amide bonds. The summed E-state index contributed by atoms with van der Waals surface area (Å²) in [6.07, 6.45) is 2.43. The monoisotopic (exact) mass is 378 g/mol. The van der Waals surface area contributed by atoms with Crippen LogP contribution in [-0.2, 0) is 24.3 Å². The van der Waals surface area contributed by atoms with Crippen LogP contribution in [0, 0.1) is 5.82 Å². The molecule has 0 spiro atoms. The summed E-state index contributed by atoms with van der Waals surface area (Å²) < 4.78 is 16.1. The van der Waals surface area contributed by atoms with Gasteiger partial charge in [0.1, 0.15) is 24.2 Å². The number of rotatable bonds is 5. The SMILES string of the molecule is CCc1ccc(CNC(=O)Cn2ncn3c(cc4cc(F)ccc43)c2=O)cc1. The van der Waals surface area contributed by atoms with Gasteiger partial charge in [0.15, 0.2) is 0 Å². The molecule has 0 saturated heterocycles. The zero-order valence-electron chi connectivity index (χ0n) is 15.4. The molecule has 0 radical (unpaired) electrons. The Morgan fingerprint density at radius 1 is 1.07 bits per heavy atom. The first-order valence-corrected chi connectivity index (χ1v) is 9.06. The van der Waals surface area contributed by atoms with Gasteiger partial charge in [-0.2, -0.15) is 5.10 Å². The molecule has 0 bridgehead atoms. The van der Waals surface area contributed by atoms with E-state index in [4.69, 9.17) is 0 Å². The van der Waals surface area contributed by atoms with Gasteiger partial charge in [-0.25, -0.2) is 9.07 Å². The molecule has 4 aromatic rings. The Hall–Kier alpha value is -3.48. The summed E-state index contributed by atoms with van der Waals surface area (Å²) in [4.78, 5) is 24.9. The maximum Gasteiger partial charge on any atom is 0.291 e. The summed E-state index contributed by atoms with van der Waals surface area (Å²) >= 11 is 0. The predicted molar refractivity (Wildman–Crippen MR) is 105 cm³/mol. The maximum absolute atomic E-state index is 13.4. The van der Waals surface area contributed by atoms with Gasteiger partial charge in [0.2, 0.25) is 5.91 Å². The average molecular weight is 378 g/mol. The molecule has 2 heterocycles. The largest absolute Gasteiger partial charge is 0.350 e. The maximum atomic E-state index is 13.4. The minimum atomic E-state index is -0.401. The third kappa shape index (κ3) is 3.38. The van der Waals surface area contributed by atoms with E-state index in [9.17, 15) is 14.0 Å². The molecule has 0 saturated carbocycles. The molecule has 7 heteroatoms. The number of carbonyl (C=O) groups excluding carboxylic acids is 1. The number of amides is 1. The van der Waals surface area contributed by atoms with Gasteiger partial charge in [-0.3, -0.25) is 14.0 Å². The van der Waals surface area contributed by atoms with Gasteiger partial charge in [0.05, 0.1) is 5.52 Å². The molecule has 1 N–H and O–H groups in total. The van der Waals surface area contributed by atoms with Crippen molar-refractivity contribution in [2.24, 2.45) is 0 Å². The van der Waals surface area contributed by atoms with Crippen molar-refractivity contribution in [1.82, 2.24) is 19.5 Å². The van der Waals surface area contributed by atoms with E-state index in [0.717, 1.165) is 16.7 Å². The first-order chi connectivity index (χ1) is 13.5. The highest BCUT2D eigenvalue weighted by Gasteiger charge is 2.12.